The fourth-order valence-corrected chi connectivity index (χ4v) is 9.19. The normalized spacial score (nSPS) is 10.0. The predicted octanol–water partition coefficient (Wildman–Crippen LogP) is -9.16. The van der Waals surface area contributed by atoms with Crippen LogP contribution in [-0.4, -0.2) is 131 Å². The molecule has 0 atom stereocenters. The van der Waals surface area contributed by atoms with E-state index in [9.17, 15) is 0 Å². The van der Waals surface area contributed by atoms with Crippen LogP contribution in [0.3, 0.4) is 0 Å². The van der Waals surface area contributed by atoms with E-state index in [-0.39, 0.29) is 68.3 Å². The van der Waals surface area contributed by atoms with Gasteiger partial charge >= 0.3 is 68.3 Å². The average Bonchev–Trinajstić information content (AvgIpc) is 1.78. The van der Waals surface area contributed by atoms with Crippen LogP contribution in [0.5, 0.6) is 0 Å². The third kappa shape index (κ3) is 73.5. The zero-order valence-corrected chi connectivity index (χ0v) is 70.5. The molecule has 8 heterocycles. The summed E-state index contributed by atoms with van der Waals surface area (Å²) in [7, 11) is -19.8. The molecule has 0 fully saturated rings. The van der Waals surface area contributed by atoms with Crippen LogP contribution in [0.15, 0.2) is 48.5 Å². The number of hydrogen-bond donors (Lipinski definition) is 4. The van der Waals surface area contributed by atoms with Crippen molar-refractivity contribution in [1.82, 2.24) is 99.5 Å². The van der Waals surface area contributed by atoms with Gasteiger partial charge in [-0.2, -0.15) is 40.8 Å². The van der Waals surface area contributed by atoms with E-state index in [1.165, 1.54) is 65.2 Å². The topological polar surface area (TPSA) is 794 Å². The average molecular weight is 1870 g/mol. The quantitative estimate of drug-likeness (QED) is 0.0143. The van der Waals surface area contributed by atoms with Crippen molar-refractivity contribution in [3.8, 4) is 0 Å². The van der Waals surface area contributed by atoms with Crippen LogP contribution in [0, 0.1) is 152 Å². The molecule has 0 aliphatic rings. The van der Waals surface area contributed by atoms with Crippen molar-refractivity contribution in [3.05, 3.63) is 204 Å². The van der Waals surface area contributed by atoms with Gasteiger partial charge in [0.1, 0.15) is 0 Å². The molecule has 112 heavy (non-hydrogen) atoms. The molecule has 8 aromatic rings. The summed E-state index contributed by atoms with van der Waals surface area (Å²) in [6.07, 6.45) is 0. The summed E-state index contributed by atoms with van der Waals surface area (Å²) in [6.45, 7) is 47.7. The monoisotopic (exact) mass is 1860 g/mol. The summed E-state index contributed by atoms with van der Waals surface area (Å²) < 4.78 is 152. The smallest absolute Gasteiger partial charge is 0.373 e. The van der Waals surface area contributed by atoms with Crippen molar-refractivity contribution in [2.75, 3.05) is 52.4 Å². The first-order valence-corrected chi connectivity index (χ1v) is 36.2. The molecule has 0 saturated heterocycles. The van der Waals surface area contributed by atoms with Crippen LogP contribution < -0.4 is 95.8 Å². The van der Waals surface area contributed by atoms with E-state index in [0.29, 0.717) is 0 Å². The SMILES string of the molecule is Cc1cc(C)n(CCNCCn2nc(C)cc2C)n1.Cc1cc(C)n(CCNCCn2nc(C)cc2C)n1.Cc1cc(C)n(CCNCCn2nc(C)cc2C)n1.Cc1cc(C)n(CCNCCn2nc(C)cc2C)n1.[Cu+2].[Cu+2].[Cu+2].[Cu+2].[N-]=[N+]=[N-].[N-]=[N+]=[N-].[N-]=[N+]=[N-].[N-]=[N+]=[N-].[O-][Cl+3]([O-])([O-])[O-].[O-][Cl+3]([O-])([O-])[O-].[O-][Cl+3]([O-])([O-])[O-].[O-][Cl+3]([O-])([O-])[O-]. The summed E-state index contributed by atoms with van der Waals surface area (Å²) in [5.41, 5.74) is 72.4. The van der Waals surface area contributed by atoms with Crippen molar-refractivity contribution < 1.29 is 184 Å². The van der Waals surface area contributed by atoms with E-state index in [1.54, 1.807) is 0 Å². The first-order valence-electron chi connectivity index (χ1n) is 31.2. The van der Waals surface area contributed by atoms with E-state index >= 15 is 0 Å². The van der Waals surface area contributed by atoms with Gasteiger partial charge in [-0.15, -0.1) is 41.0 Å². The van der Waals surface area contributed by atoms with E-state index in [4.69, 9.17) is 119 Å². The third-order valence-electron chi connectivity index (χ3n) is 12.8. The summed E-state index contributed by atoms with van der Waals surface area (Å²) >= 11 is 0. The van der Waals surface area contributed by atoms with E-state index in [1.807, 2.05) is 92.8 Å². The molecule has 0 amide bonds. The largest absolute Gasteiger partial charge is 2.00 e. The molecule has 0 aromatic carbocycles. The maximum absolute atomic E-state index is 8.49. The van der Waals surface area contributed by atoms with Gasteiger partial charge in [0, 0.05) is 97.9 Å². The standard InChI is InChI=1S/4C14H23N5.4ClHO4.4Cu.4N3/c4*1-11-9-13(3)18(16-11)7-5-15-6-8-19-14(4)10-12(2)17-19;4*2-1(3,4)5;;;;;4*1-3-2/h4*9-10,15H,5-8H2,1-4H3;4*(H,2,3,4,5);;;;;;;;/q;;;;;;;;4*+2;4*-1/p-4. The van der Waals surface area contributed by atoms with Gasteiger partial charge in [-0.1, -0.05) is 0 Å². The molecular weight excluding hydrogens is 1770 g/mol. The van der Waals surface area contributed by atoms with Crippen LogP contribution in [0.4, 0.5) is 0 Å². The molecule has 8 aromatic heterocycles. The van der Waals surface area contributed by atoms with Crippen molar-refractivity contribution in [1.29, 1.82) is 0 Å². The number of nitrogens with one attached hydrogen (secondary N) is 4. The minimum atomic E-state index is -4.94. The Morgan fingerprint density at radius 3 is 0.348 bits per heavy atom. The van der Waals surface area contributed by atoms with Crippen LogP contribution in [0.25, 0.3) is 63.9 Å². The summed E-state index contributed by atoms with van der Waals surface area (Å²) in [5.74, 6) is 0. The van der Waals surface area contributed by atoms with Crippen molar-refractivity contribution >= 4 is 0 Å². The second-order valence-electron chi connectivity index (χ2n) is 22.1. The van der Waals surface area contributed by atoms with Gasteiger partial charge in [-0.05, 0) is 159 Å². The summed E-state index contributed by atoms with van der Waals surface area (Å²) in [4.78, 5) is 6.00. The van der Waals surface area contributed by atoms with E-state index in [2.05, 4.69) is 166 Å². The maximum Gasteiger partial charge on any atom is 2.00 e. The molecule has 0 bridgehead atoms. The Bertz CT molecular complexity index is 3170. The first kappa shape index (κ1) is 121. The predicted molar refractivity (Wildman–Crippen MR) is 345 cm³/mol. The van der Waals surface area contributed by atoms with Gasteiger partial charge in [0.25, 0.3) is 0 Å². The molecule has 0 saturated carbocycles. The van der Waals surface area contributed by atoms with E-state index in [0.717, 1.165) is 150 Å². The molecule has 0 aliphatic heterocycles. The number of rotatable bonds is 24. The molecule has 48 nitrogen and oxygen atoms in total. The van der Waals surface area contributed by atoms with Gasteiger partial charge in [0.05, 0.1) is 97.9 Å². The van der Waals surface area contributed by atoms with Crippen LogP contribution in [0.1, 0.15) is 91.1 Å². The number of aryl methyl sites for hydroxylation is 16. The fourth-order valence-electron chi connectivity index (χ4n) is 9.19. The van der Waals surface area contributed by atoms with E-state index < -0.39 is 41.0 Å². The summed E-state index contributed by atoms with van der Waals surface area (Å²) in [6, 6.07) is 16.9. The Balaban J connectivity index is -0.000000188. The zero-order chi connectivity index (χ0) is 84.1. The molecule has 8 rings (SSSR count). The number of halogens is 4. The number of nitrogens with zero attached hydrogens (tertiary/aromatic N) is 28. The van der Waals surface area contributed by atoms with Crippen molar-refractivity contribution in [2.24, 2.45) is 0 Å². The molecule has 644 valence electrons. The van der Waals surface area contributed by atoms with Crippen molar-refractivity contribution in [2.45, 2.75) is 163 Å². The first-order chi connectivity index (χ1) is 49.9. The Labute approximate surface area is 697 Å². The Morgan fingerprint density at radius 2 is 0.295 bits per heavy atom. The zero-order valence-electron chi connectivity index (χ0n) is 63.7. The molecule has 4 N–H and O–H groups in total. The Kier molecular flexibility index (Phi) is 72.0. The third-order valence-corrected chi connectivity index (χ3v) is 12.8. The second kappa shape index (κ2) is 66.6. The maximum atomic E-state index is 8.49. The number of hydrogen-bond acceptors (Lipinski definition) is 28. The van der Waals surface area contributed by atoms with Crippen LogP contribution >= 0.6 is 0 Å². The minimum Gasteiger partial charge on any atom is -0.373 e. The fraction of sp³-hybridized carbons (Fsp3) is 0.571. The Morgan fingerprint density at radius 1 is 0.223 bits per heavy atom. The van der Waals surface area contributed by atoms with Gasteiger partial charge < -0.3 is 65.5 Å². The van der Waals surface area contributed by atoms with Gasteiger partial charge in [0.2, 0.25) is 0 Å². The van der Waals surface area contributed by atoms with Crippen LogP contribution in [-0.2, 0) is 121 Å². The molecule has 0 aliphatic carbocycles. The van der Waals surface area contributed by atoms with Gasteiger partial charge in [-0.25, -0.2) is 74.5 Å². The molecular formula is C56H92Cl4Cu4N32O16. The second-order valence-corrected chi connectivity index (χ2v) is 25.1. The molecule has 56 heteroatoms. The summed E-state index contributed by atoms with van der Waals surface area (Å²) in [5, 5.41) is 49.3. The van der Waals surface area contributed by atoms with Gasteiger partial charge in [-0.3, -0.25) is 57.1 Å². The minimum absolute atomic E-state index is 0. The van der Waals surface area contributed by atoms with Crippen molar-refractivity contribution in [3.63, 3.8) is 0 Å². The van der Waals surface area contributed by atoms with Crippen LogP contribution in [0.2, 0.25) is 0 Å². The molecule has 0 spiro atoms. The molecule has 0 unspecified atom stereocenters. The number of aromatic nitrogens is 16. The van der Waals surface area contributed by atoms with Gasteiger partial charge in [0.15, 0.2) is 0 Å². The Hall–Kier alpha value is -6.64. The molecule has 4 radical (unpaired) electrons.